The minimum absolute atomic E-state index is 0.573. The number of rotatable bonds is 5. The van der Waals surface area contributed by atoms with Gasteiger partial charge in [0.2, 0.25) is 0 Å². The fourth-order valence-corrected chi connectivity index (χ4v) is 2.44. The number of benzene rings is 2. The summed E-state index contributed by atoms with van der Waals surface area (Å²) in [4.78, 5) is 4.35. The van der Waals surface area contributed by atoms with E-state index in [0.29, 0.717) is 5.56 Å². The van der Waals surface area contributed by atoms with Crippen LogP contribution in [0.4, 0.5) is 0 Å². The smallest absolute Gasteiger partial charge is 0.119 e. The number of aromatic nitrogens is 1. The molecule has 0 saturated heterocycles. The van der Waals surface area contributed by atoms with Gasteiger partial charge in [-0.05, 0) is 47.5 Å². The monoisotopic (exact) mass is 302 g/mol. The van der Waals surface area contributed by atoms with Crippen molar-refractivity contribution in [2.45, 2.75) is 19.8 Å². The zero-order chi connectivity index (χ0) is 16.1. The molecule has 2 aromatic carbocycles. The number of fused-ring (bicyclic) bond motifs is 1. The van der Waals surface area contributed by atoms with E-state index in [-0.39, 0.29) is 0 Å². The molecule has 0 unspecified atom stereocenters. The van der Waals surface area contributed by atoms with Crippen molar-refractivity contribution in [3.8, 4) is 23.1 Å². The summed E-state index contributed by atoms with van der Waals surface area (Å²) in [5.74, 6) is 0.912. The van der Waals surface area contributed by atoms with Gasteiger partial charge in [0.05, 0.1) is 17.9 Å². The van der Waals surface area contributed by atoms with Crippen LogP contribution in [0.1, 0.15) is 25.3 Å². The minimum atomic E-state index is 0.573. The summed E-state index contributed by atoms with van der Waals surface area (Å²) in [6.45, 7) is 2.91. The van der Waals surface area contributed by atoms with Crippen LogP contribution in [-0.2, 0) is 0 Å². The average Bonchev–Trinajstić information content (AvgIpc) is 2.61. The summed E-state index contributed by atoms with van der Waals surface area (Å²) in [6.07, 6.45) is 3.81. The normalized spacial score (nSPS) is 10.4. The van der Waals surface area contributed by atoms with Crippen molar-refractivity contribution in [2.24, 2.45) is 0 Å². The molecule has 3 heteroatoms. The molecule has 0 aliphatic carbocycles. The molecule has 0 fully saturated rings. The SMILES string of the molecule is CCCCOc1ccc2cc(-c3ccc(C#N)cn3)ccc2c1. The van der Waals surface area contributed by atoms with Crippen LogP contribution in [0.2, 0.25) is 0 Å². The highest BCUT2D eigenvalue weighted by molar-refractivity contribution is 5.87. The number of nitriles is 1. The molecular formula is C20H18N2O. The molecule has 3 nitrogen and oxygen atoms in total. The van der Waals surface area contributed by atoms with Crippen molar-refractivity contribution in [2.75, 3.05) is 6.61 Å². The van der Waals surface area contributed by atoms with Gasteiger partial charge in [-0.1, -0.05) is 31.5 Å². The Morgan fingerprint density at radius 2 is 1.87 bits per heavy atom. The van der Waals surface area contributed by atoms with Crippen LogP contribution in [0, 0.1) is 11.3 Å². The molecule has 0 N–H and O–H groups in total. The van der Waals surface area contributed by atoms with Gasteiger partial charge >= 0.3 is 0 Å². The van der Waals surface area contributed by atoms with E-state index in [0.717, 1.165) is 47.2 Å². The standard InChI is InChI=1S/C20H18N2O/c1-2-3-10-23-19-8-7-16-11-18(6-5-17(16)12-19)20-9-4-15(13-21)14-22-20/h4-9,11-12,14H,2-3,10H2,1H3. The molecule has 0 spiro atoms. The zero-order valence-corrected chi connectivity index (χ0v) is 13.1. The Morgan fingerprint density at radius 1 is 1.04 bits per heavy atom. The van der Waals surface area contributed by atoms with E-state index in [1.807, 2.05) is 18.2 Å². The van der Waals surface area contributed by atoms with Crippen molar-refractivity contribution >= 4 is 10.8 Å². The van der Waals surface area contributed by atoms with Crippen LogP contribution in [0.15, 0.2) is 54.7 Å². The Hall–Kier alpha value is -2.86. The van der Waals surface area contributed by atoms with E-state index in [1.165, 1.54) is 0 Å². The molecule has 0 atom stereocenters. The van der Waals surface area contributed by atoms with Gasteiger partial charge in [-0.15, -0.1) is 0 Å². The Labute approximate surface area is 136 Å². The number of hydrogen-bond donors (Lipinski definition) is 0. The molecule has 23 heavy (non-hydrogen) atoms. The molecule has 3 aromatic rings. The maximum Gasteiger partial charge on any atom is 0.119 e. The van der Waals surface area contributed by atoms with Crippen LogP contribution in [0.5, 0.6) is 5.75 Å². The highest BCUT2D eigenvalue weighted by atomic mass is 16.5. The first kappa shape index (κ1) is 15.1. The lowest BCUT2D eigenvalue weighted by Crippen LogP contribution is -1.96. The molecular weight excluding hydrogens is 284 g/mol. The van der Waals surface area contributed by atoms with E-state index >= 15 is 0 Å². The maximum absolute atomic E-state index is 8.84. The lowest BCUT2D eigenvalue weighted by molar-refractivity contribution is 0.310. The molecule has 0 radical (unpaired) electrons. The fraction of sp³-hybridized carbons (Fsp3) is 0.200. The minimum Gasteiger partial charge on any atom is -0.494 e. The summed E-state index contributed by atoms with van der Waals surface area (Å²) in [5.41, 5.74) is 2.49. The van der Waals surface area contributed by atoms with Crippen LogP contribution in [0.3, 0.4) is 0 Å². The van der Waals surface area contributed by atoms with Gasteiger partial charge < -0.3 is 4.74 Å². The molecule has 0 bridgehead atoms. The van der Waals surface area contributed by atoms with Crippen LogP contribution in [0.25, 0.3) is 22.0 Å². The number of unbranched alkanes of at least 4 members (excludes halogenated alkanes) is 1. The van der Waals surface area contributed by atoms with Gasteiger partial charge in [-0.2, -0.15) is 5.26 Å². The molecule has 0 saturated carbocycles. The van der Waals surface area contributed by atoms with Crippen molar-refractivity contribution in [1.82, 2.24) is 4.98 Å². The van der Waals surface area contributed by atoms with E-state index in [9.17, 15) is 0 Å². The molecule has 3 rings (SSSR count). The number of pyridine rings is 1. The molecule has 114 valence electrons. The summed E-state index contributed by atoms with van der Waals surface area (Å²) in [6, 6.07) is 18.1. The molecule has 1 aromatic heterocycles. The van der Waals surface area contributed by atoms with Crippen molar-refractivity contribution in [3.05, 3.63) is 60.3 Å². The van der Waals surface area contributed by atoms with E-state index in [1.54, 1.807) is 12.3 Å². The third kappa shape index (κ3) is 3.49. The number of hydrogen-bond acceptors (Lipinski definition) is 3. The van der Waals surface area contributed by atoms with Gasteiger partial charge in [0, 0.05) is 11.8 Å². The molecule has 0 aliphatic rings. The van der Waals surface area contributed by atoms with Gasteiger partial charge in [0.15, 0.2) is 0 Å². The first-order valence-electron chi connectivity index (χ1n) is 7.83. The van der Waals surface area contributed by atoms with Gasteiger partial charge in [-0.3, -0.25) is 4.98 Å². The first-order chi connectivity index (χ1) is 11.3. The molecule has 0 aliphatic heterocycles. The second-order valence-electron chi connectivity index (χ2n) is 5.47. The highest BCUT2D eigenvalue weighted by Gasteiger charge is 2.03. The Kier molecular flexibility index (Phi) is 4.54. The lowest BCUT2D eigenvalue weighted by atomic mass is 10.0. The van der Waals surface area contributed by atoms with Gasteiger partial charge in [0.25, 0.3) is 0 Å². The van der Waals surface area contributed by atoms with E-state index in [4.69, 9.17) is 10.00 Å². The summed E-state index contributed by atoms with van der Waals surface area (Å²) in [5, 5.41) is 11.1. The van der Waals surface area contributed by atoms with Crippen molar-refractivity contribution < 1.29 is 4.74 Å². The third-order valence-corrected chi connectivity index (χ3v) is 3.77. The Morgan fingerprint density at radius 3 is 2.61 bits per heavy atom. The predicted molar refractivity (Wildman–Crippen MR) is 92.3 cm³/mol. The first-order valence-corrected chi connectivity index (χ1v) is 7.83. The highest BCUT2D eigenvalue weighted by Crippen LogP contribution is 2.26. The lowest BCUT2D eigenvalue weighted by Gasteiger charge is -2.08. The van der Waals surface area contributed by atoms with E-state index in [2.05, 4.69) is 42.2 Å². The largest absolute Gasteiger partial charge is 0.494 e. The Balaban J connectivity index is 1.87. The summed E-state index contributed by atoms with van der Waals surface area (Å²) < 4.78 is 5.75. The predicted octanol–water partition coefficient (Wildman–Crippen LogP) is 4.95. The Bertz CT molecular complexity index is 848. The summed E-state index contributed by atoms with van der Waals surface area (Å²) in [7, 11) is 0. The second-order valence-corrected chi connectivity index (χ2v) is 5.47. The number of nitrogens with zero attached hydrogens (tertiary/aromatic N) is 2. The van der Waals surface area contributed by atoms with Crippen molar-refractivity contribution in [3.63, 3.8) is 0 Å². The van der Waals surface area contributed by atoms with Gasteiger partial charge in [0.1, 0.15) is 11.8 Å². The van der Waals surface area contributed by atoms with Crippen LogP contribution < -0.4 is 4.74 Å². The summed E-state index contributed by atoms with van der Waals surface area (Å²) >= 11 is 0. The van der Waals surface area contributed by atoms with Crippen LogP contribution >= 0.6 is 0 Å². The maximum atomic E-state index is 8.84. The van der Waals surface area contributed by atoms with Gasteiger partial charge in [-0.25, -0.2) is 0 Å². The zero-order valence-electron chi connectivity index (χ0n) is 13.1. The fourth-order valence-electron chi connectivity index (χ4n) is 2.44. The van der Waals surface area contributed by atoms with E-state index < -0.39 is 0 Å². The van der Waals surface area contributed by atoms with Crippen LogP contribution in [-0.4, -0.2) is 11.6 Å². The molecule has 0 amide bonds. The second kappa shape index (κ2) is 6.93. The third-order valence-electron chi connectivity index (χ3n) is 3.77. The number of ether oxygens (including phenoxy) is 1. The quantitative estimate of drug-likeness (QED) is 0.626. The topological polar surface area (TPSA) is 45.9 Å². The van der Waals surface area contributed by atoms with Crippen molar-refractivity contribution in [1.29, 1.82) is 5.26 Å². The molecule has 1 heterocycles. The average molecular weight is 302 g/mol.